The fraction of sp³-hybridized carbons (Fsp3) is 0.235. The maximum Gasteiger partial charge on any atom is 0.271 e. The van der Waals surface area contributed by atoms with Gasteiger partial charge in [-0.25, -0.2) is 9.67 Å². The van der Waals surface area contributed by atoms with Crippen LogP contribution < -0.4 is 5.32 Å². The summed E-state index contributed by atoms with van der Waals surface area (Å²) in [5.74, 6) is -0.211. The molecular formula is C17H16N6O. The third-order valence-corrected chi connectivity index (χ3v) is 4.19. The van der Waals surface area contributed by atoms with Gasteiger partial charge in [-0.3, -0.25) is 14.8 Å². The number of pyridine rings is 1. The summed E-state index contributed by atoms with van der Waals surface area (Å²) in [7, 11) is 0. The zero-order valence-corrected chi connectivity index (χ0v) is 13.0. The molecule has 0 radical (unpaired) electrons. The van der Waals surface area contributed by atoms with Crippen molar-refractivity contribution in [2.75, 3.05) is 0 Å². The third-order valence-electron chi connectivity index (χ3n) is 4.19. The lowest BCUT2D eigenvalue weighted by atomic mass is 9.92. The van der Waals surface area contributed by atoms with Crippen molar-refractivity contribution in [3.8, 4) is 5.69 Å². The lowest BCUT2D eigenvalue weighted by Gasteiger charge is -2.24. The van der Waals surface area contributed by atoms with Crippen LogP contribution in [0.4, 0.5) is 0 Å². The average molecular weight is 320 g/mol. The molecular weight excluding hydrogens is 304 g/mol. The van der Waals surface area contributed by atoms with Gasteiger partial charge in [-0.1, -0.05) is 0 Å². The van der Waals surface area contributed by atoms with Crippen molar-refractivity contribution < 1.29 is 4.79 Å². The highest BCUT2D eigenvalue weighted by atomic mass is 16.1. The highest BCUT2D eigenvalue weighted by molar-refractivity contribution is 5.92. The minimum absolute atomic E-state index is 0.0566. The molecule has 0 bridgehead atoms. The predicted octanol–water partition coefficient (Wildman–Crippen LogP) is 1.86. The number of hydrogen-bond donors (Lipinski definition) is 1. The first-order valence-electron chi connectivity index (χ1n) is 7.87. The summed E-state index contributed by atoms with van der Waals surface area (Å²) in [5, 5.41) is 7.56. The SMILES string of the molecule is O=C(N[C@H]1CCCc2c1cnn2-c1ccncc1)c1cnccn1. The summed E-state index contributed by atoms with van der Waals surface area (Å²) < 4.78 is 1.93. The maximum atomic E-state index is 12.4. The maximum absolute atomic E-state index is 12.4. The van der Waals surface area contributed by atoms with Crippen LogP contribution in [0.25, 0.3) is 5.69 Å². The molecule has 24 heavy (non-hydrogen) atoms. The molecule has 0 fully saturated rings. The van der Waals surface area contributed by atoms with Gasteiger partial charge in [-0.05, 0) is 31.4 Å². The molecule has 1 amide bonds. The predicted molar refractivity (Wildman–Crippen MR) is 86.5 cm³/mol. The van der Waals surface area contributed by atoms with E-state index in [2.05, 4.69) is 25.4 Å². The number of rotatable bonds is 3. The van der Waals surface area contributed by atoms with Crippen molar-refractivity contribution >= 4 is 5.91 Å². The molecule has 3 aromatic rings. The van der Waals surface area contributed by atoms with E-state index in [-0.39, 0.29) is 11.9 Å². The normalized spacial score (nSPS) is 16.4. The lowest BCUT2D eigenvalue weighted by Crippen LogP contribution is -2.31. The Labute approximate surface area is 138 Å². The minimum atomic E-state index is -0.211. The lowest BCUT2D eigenvalue weighted by molar-refractivity contribution is 0.0927. The van der Waals surface area contributed by atoms with E-state index in [0.717, 1.165) is 36.2 Å². The van der Waals surface area contributed by atoms with E-state index < -0.39 is 0 Å². The first-order chi connectivity index (χ1) is 11.8. The highest BCUT2D eigenvalue weighted by Crippen LogP contribution is 2.31. The van der Waals surface area contributed by atoms with E-state index in [1.807, 2.05) is 23.0 Å². The number of amides is 1. The second-order valence-electron chi connectivity index (χ2n) is 5.67. The molecule has 3 heterocycles. The largest absolute Gasteiger partial charge is 0.344 e. The summed E-state index contributed by atoms with van der Waals surface area (Å²) in [5.41, 5.74) is 3.51. The van der Waals surface area contributed by atoms with Crippen LogP contribution in [0.1, 0.15) is 40.6 Å². The van der Waals surface area contributed by atoms with Crippen LogP contribution in [-0.2, 0) is 6.42 Å². The van der Waals surface area contributed by atoms with Gasteiger partial charge in [0.05, 0.1) is 24.1 Å². The van der Waals surface area contributed by atoms with E-state index in [9.17, 15) is 4.79 Å². The van der Waals surface area contributed by atoms with E-state index in [1.165, 1.54) is 12.4 Å². The number of nitrogens with zero attached hydrogens (tertiary/aromatic N) is 5. The first kappa shape index (κ1) is 14.5. The van der Waals surface area contributed by atoms with Gasteiger partial charge in [0, 0.05) is 36.0 Å². The van der Waals surface area contributed by atoms with Crippen molar-refractivity contribution in [1.29, 1.82) is 0 Å². The molecule has 3 aromatic heterocycles. The van der Waals surface area contributed by atoms with Crippen LogP contribution >= 0.6 is 0 Å². The Morgan fingerprint density at radius 2 is 2.00 bits per heavy atom. The molecule has 1 aliphatic carbocycles. The average Bonchev–Trinajstić information content (AvgIpc) is 3.08. The Kier molecular flexibility index (Phi) is 3.74. The summed E-state index contributed by atoms with van der Waals surface area (Å²) >= 11 is 0. The Balaban J connectivity index is 1.61. The van der Waals surface area contributed by atoms with Crippen molar-refractivity contribution in [3.05, 3.63) is 66.3 Å². The second-order valence-corrected chi connectivity index (χ2v) is 5.67. The summed E-state index contributed by atoms with van der Waals surface area (Å²) in [6.45, 7) is 0. The molecule has 7 nitrogen and oxygen atoms in total. The molecule has 7 heteroatoms. The Bertz CT molecular complexity index is 846. The highest BCUT2D eigenvalue weighted by Gasteiger charge is 2.26. The number of carbonyl (C=O) groups excluding carboxylic acids is 1. The van der Waals surface area contributed by atoms with Crippen LogP contribution in [0.15, 0.2) is 49.3 Å². The summed E-state index contributed by atoms with van der Waals surface area (Å²) in [6.07, 6.45) is 12.7. The number of nitrogens with one attached hydrogen (secondary N) is 1. The first-order valence-corrected chi connectivity index (χ1v) is 7.87. The quantitative estimate of drug-likeness (QED) is 0.796. The van der Waals surface area contributed by atoms with Crippen molar-refractivity contribution in [2.24, 2.45) is 0 Å². The molecule has 1 atom stereocenters. The van der Waals surface area contributed by atoms with Gasteiger partial charge in [-0.15, -0.1) is 0 Å². The van der Waals surface area contributed by atoms with Crippen LogP contribution in [0.3, 0.4) is 0 Å². The van der Waals surface area contributed by atoms with Crippen LogP contribution in [0.5, 0.6) is 0 Å². The summed E-state index contributed by atoms with van der Waals surface area (Å²) in [4.78, 5) is 24.4. The van der Waals surface area contributed by atoms with Crippen molar-refractivity contribution in [1.82, 2.24) is 30.0 Å². The molecule has 0 aromatic carbocycles. The zero-order chi connectivity index (χ0) is 16.4. The molecule has 0 saturated heterocycles. The van der Waals surface area contributed by atoms with Crippen LogP contribution in [0, 0.1) is 0 Å². The Morgan fingerprint density at radius 3 is 2.79 bits per heavy atom. The van der Waals surface area contributed by atoms with Crippen LogP contribution in [0.2, 0.25) is 0 Å². The van der Waals surface area contributed by atoms with Gasteiger partial charge in [-0.2, -0.15) is 5.10 Å². The molecule has 120 valence electrons. The number of hydrogen-bond acceptors (Lipinski definition) is 5. The fourth-order valence-corrected chi connectivity index (χ4v) is 3.06. The number of fused-ring (bicyclic) bond motifs is 1. The smallest absolute Gasteiger partial charge is 0.271 e. The van der Waals surface area contributed by atoms with E-state index in [1.54, 1.807) is 18.6 Å². The van der Waals surface area contributed by atoms with Gasteiger partial charge in [0.1, 0.15) is 5.69 Å². The minimum Gasteiger partial charge on any atom is -0.344 e. The molecule has 0 saturated carbocycles. The third kappa shape index (κ3) is 2.64. The van der Waals surface area contributed by atoms with Gasteiger partial charge in [0.25, 0.3) is 5.91 Å². The number of aromatic nitrogens is 5. The molecule has 1 aliphatic rings. The zero-order valence-electron chi connectivity index (χ0n) is 13.0. The molecule has 0 unspecified atom stereocenters. The molecule has 0 aliphatic heterocycles. The van der Waals surface area contributed by atoms with Crippen molar-refractivity contribution in [2.45, 2.75) is 25.3 Å². The number of carbonyl (C=O) groups is 1. The van der Waals surface area contributed by atoms with E-state index in [0.29, 0.717) is 5.69 Å². The molecule has 0 spiro atoms. The monoisotopic (exact) mass is 320 g/mol. The standard InChI is InChI=1S/C17H16N6O/c24-17(15-11-19-8-9-20-15)22-14-2-1-3-16-13(14)10-21-23(16)12-4-6-18-7-5-12/h4-11,14H,1-3H2,(H,22,24)/t14-/m0/s1. The Hall–Kier alpha value is -3.09. The van der Waals surface area contributed by atoms with Crippen molar-refractivity contribution in [3.63, 3.8) is 0 Å². The van der Waals surface area contributed by atoms with E-state index >= 15 is 0 Å². The fourth-order valence-electron chi connectivity index (χ4n) is 3.06. The van der Waals surface area contributed by atoms with Gasteiger partial charge < -0.3 is 5.32 Å². The van der Waals surface area contributed by atoms with E-state index in [4.69, 9.17) is 0 Å². The van der Waals surface area contributed by atoms with Gasteiger partial charge >= 0.3 is 0 Å². The van der Waals surface area contributed by atoms with Gasteiger partial charge in [0.2, 0.25) is 0 Å². The van der Waals surface area contributed by atoms with Gasteiger partial charge in [0.15, 0.2) is 0 Å². The molecule has 1 N–H and O–H groups in total. The topological polar surface area (TPSA) is 85.6 Å². The molecule has 4 rings (SSSR count). The second kappa shape index (κ2) is 6.19. The van der Waals surface area contributed by atoms with Crippen LogP contribution in [-0.4, -0.2) is 30.6 Å². The Morgan fingerprint density at radius 1 is 1.12 bits per heavy atom. The summed E-state index contributed by atoms with van der Waals surface area (Å²) in [6, 6.07) is 3.79.